The maximum atomic E-state index is 11.9. The van der Waals surface area contributed by atoms with Gasteiger partial charge in [-0.15, -0.1) is 0 Å². The number of hydrogen-bond donors (Lipinski definition) is 1. The number of benzene rings is 1. The molecule has 0 amide bonds. The molecule has 1 aromatic rings. The first kappa shape index (κ1) is 10.5. The molecule has 0 spiro atoms. The van der Waals surface area contributed by atoms with Crippen LogP contribution in [-0.4, -0.2) is 13.9 Å². The summed E-state index contributed by atoms with van der Waals surface area (Å²) in [5.41, 5.74) is 0.812. The van der Waals surface area contributed by atoms with E-state index in [2.05, 4.69) is 22.6 Å². The lowest BCUT2D eigenvalue weighted by atomic mass is 10.3. The van der Waals surface area contributed by atoms with E-state index < -0.39 is 6.86 Å². The van der Waals surface area contributed by atoms with Crippen molar-refractivity contribution in [3.8, 4) is 5.75 Å². The van der Waals surface area contributed by atoms with Gasteiger partial charge in [-0.1, -0.05) is 6.07 Å². The van der Waals surface area contributed by atoms with Crippen molar-refractivity contribution in [1.82, 2.24) is 0 Å². The second-order valence-electron chi connectivity index (χ2n) is 2.45. The number of rotatable bonds is 3. The Kier molecular flexibility index (Phi) is 3.73. The molecule has 0 aromatic heterocycles. The highest BCUT2D eigenvalue weighted by molar-refractivity contribution is 14.1. The van der Waals surface area contributed by atoms with Crippen molar-refractivity contribution >= 4 is 28.3 Å². The van der Waals surface area contributed by atoms with E-state index in [1.807, 2.05) is 6.07 Å². The minimum atomic E-state index is -0.826. The zero-order valence-corrected chi connectivity index (χ0v) is 9.29. The maximum Gasteiger partial charge on any atom is 0.228 e. The standard InChI is InChI=1S/C8H10FIN2O/c1-12(11)6-3-2-4-7(8(6)10)13-5-9/h2-4H,5,11H2,1H3. The van der Waals surface area contributed by atoms with Crippen LogP contribution in [0.15, 0.2) is 18.2 Å². The Bertz CT molecular complexity index is 293. The molecule has 0 aliphatic carbocycles. The summed E-state index contributed by atoms with van der Waals surface area (Å²) < 4.78 is 17.5. The first-order chi connectivity index (χ1) is 6.16. The molecule has 2 N–H and O–H groups in total. The first-order valence-electron chi connectivity index (χ1n) is 3.62. The summed E-state index contributed by atoms with van der Waals surface area (Å²) in [5, 5.41) is 1.47. The van der Waals surface area contributed by atoms with Crippen molar-refractivity contribution in [2.45, 2.75) is 0 Å². The van der Waals surface area contributed by atoms with Gasteiger partial charge >= 0.3 is 0 Å². The minimum Gasteiger partial charge on any atom is -0.462 e. The summed E-state index contributed by atoms with van der Waals surface area (Å²) in [6, 6.07) is 5.31. The molecule has 0 fully saturated rings. The minimum absolute atomic E-state index is 0.512. The lowest BCUT2D eigenvalue weighted by Gasteiger charge is -2.15. The van der Waals surface area contributed by atoms with Crippen LogP contribution in [0.3, 0.4) is 0 Å². The van der Waals surface area contributed by atoms with Gasteiger partial charge in [-0.05, 0) is 34.7 Å². The largest absolute Gasteiger partial charge is 0.462 e. The van der Waals surface area contributed by atoms with E-state index in [0.717, 1.165) is 9.26 Å². The molecule has 0 atom stereocenters. The molecule has 72 valence electrons. The van der Waals surface area contributed by atoms with Gasteiger partial charge in [-0.3, -0.25) is 0 Å². The fourth-order valence-corrected chi connectivity index (χ4v) is 1.84. The normalized spacial score (nSPS) is 9.85. The Morgan fingerprint density at radius 2 is 2.31 bits per heavy atom. The van der Waals surface area contributed by atoms with Crippen LogP contribution in [0.5, 0.6) is 5.75 Å². The van der Waals surface area contributed by atoms with E-state index >= 15 is 0 Å². The van der Waals surface area contributed by atoms with Crippen molar-refractivity contribution in [3.05, 3.63) is 21.8 Å². The zero-order valence-electron chi connectivity index (χ0n) is 7.13. The van der Waals surface area contributed by atoms with Crippen LogP contribution >= 0.6 is 22.6 Å². The third kappa shape index (κ3) is 2.44. The van der Waals surface area contributed by atoms with Gasteiger partial charge in [0.1, 0.15) is 5.75 Å². The molecular weight excluding hydrogens is 286 g/mol. The third-order valence-electron chi connectivity index (χ3n) is 1.53. The summed E-state index contributed by atoms with van der Waals surface area (Å²) in [4.78, 5) is 0. The van der Waals surface area contributed by atoms with Gasteiger partial charge in [-0.25, -0.2) is 10.2 Å². The molecular formula is C8H10FIN2O. The summed E-state index contributed by atoms with van der Waals surface area (Å²) in [5.74, 6) is 6.07. The predicted molar refractivity (Wildman–Crippen MR) is 58.4 cm³/mol. The lowest BCUT2D eigenvalue weighted by Crippen LogP contribution is -2.25. The van der Waals surface area contributed by atoms with Crippen molar-refractivity contribution in [2.24, 2.45) is 5.84 Å². The number of hydrazine groups is 1. The molecule has 1 aromatic carbocycles. The molecule has 0 heterocycles. The van der Waals surface area contributed by atoms with Crippen LogP contribution < -0.4 is 15.6 Å². The van der Waals surface area contributed by atoms with Gasteiger partial charge in [0, 0.05) is 7.05 Å². The number of anilines is 1. The highest BCUT2D eigenvalue weighted by atomic mass is 127. The quantitative estimate of drug-likeness (QED) is 0.526. The van der Waals surface area contributed by atoms with Gasteiger partial charge in [-0.2, -0.15) is 0 Å². The summed E-state index contributed by atoms with van der Waals surface area (Å²) >= 11 is 2.07. The van der Waals surface area contributed by atoms with E-state index in [0.29, 0.717) is 5.75 Å². The average molecular weight is 296 g/mol. The number of nitrogens with two attached hydrogens (primary N) is 1. The Hall–Kier alpha value is -0.560. The molecule has 0 saturated heterocycles. The van der Waals surface area contributed by atoms with E-state index in [4.69, 9.17) is 10.6 Å². The number of alkyl halides is 1. The van der Waals surface area contributed by atoms with Gasteiger partial charge in [0.2, 0.25) is 6.86 Å². The Labute approximate surface area is 89.8 Å². The highest BCUT2D eigenvalue weighted by Crippen LogP contribution is 2.29. The number of halogens is 2. The topological polar surface area (TPSA) is 38.5 Å². The van der Waals surface area contributed by atoms with Gasteiger partial charge < -0.3 is 9.75 Å². The number of nitrogens with zero attached hydrogens (tertiary/aromatic N) is 1. The van der Waals surface area contributed by atoms with Crippen molar-refractivity contribution < 1.29 is 9.13 Å². The van der Waals surface area contributed by atoms with Gasteiger partial charge in [0.15, 0.2) is 0 Å². The monoisotopic (exact) mass is 296 g/mol. The second-order valence-corrected chi connectivity index (χ2v) is 3.53. The number of hydrogen-bond acceptors (Lipinski definition) is 3. The van der Waals surface area contributed by atoms with Gasteiger partial charge in [0.25, 0.3) is 0 Å². The van der Waals surface area contributed by atoms with Crippen LogP contribution in [0.25, 0.3) is 0 Å². The third-order valence-corrected chi connectivity index (χ3v) is 2.62. The SMILES string of the molecule is CN(N)c1cccc(OCF)c1I. The predicted octanol–water partition coefficient (Wildman–Crippen LogP) is 1.91. The first-order valence-corrected chi connectivity index (χ1v) is 4.70. The van der Waals surface area contributed by atoms with Crippen molar-refractivity contribution in [2.75, 3.05) is 18.9 Å². The number of ether oxygens (including phenoxy) is 1. The van der Waals surface area contributed by atoms with E-state index in [1.165, 1.54) is 5.01 Å². The van der Waals surface area contributed by atoms with E-state index in [9.17, 15) is 4.39 Å². The molecule has 0 saturated carbocycles. The smallest absolute Gasteiger partial charge is 0.228 e. The Morgan fingerprint density at radius 1 is 1.62 bits per heavy atom. The van der Waals surface area contributed by atoms with Crippen molar-refractivity contribution in [3.63, 3.8) is 0 Å². The van der Waals surface area contributed by atoms with Crippen LogP contribution in [0, 0.1) is 3.57 Å². The average Bonchev–Trinajstić information content (AvgIpc) is 2.08. The van der Waals surface area contributed by atoms with Crippen LogP contribution in [0.1, 0.15) is 0 Å². The molecule has 0 unspecified atom stereocenters. The zero-order chi connectivity index (χ0) is 9.84. The Balaban J connectivity index is 3.03. The molecule has 13 heavy (non-hydrogen) atoms. The van der Waals surface area contributed by atoms with E-state index in [-0.39, 0.29) is 0 Å². The highest BCUT2D eigenvalue weighted by Gasteiger charge is 2.07. The lowest BCUT2D eigenvalue weighted by molar-refractivity contribution is 0.190. The fourth-order valence-electron chi connectivity index (χ4n) is 0.942. The summed E-state index contributed by atoms with van der Waals surface area (Å²) in [6.07, 6.45) is 0. The second kappa shape index (κ2) is 4.61. The maximum absolute atomic E-state index is 11.9. The molecule has 5 heteroatoms. The van der Waals surface area contributed by atoms with E-state index in [1.54, 1.807) is 19.2 Å². The molecule has 0 radical (unpaired) electrons. The molecule has 1 rings (SSSR count). The van der Waals surface area contributed by atoms with Gasteiger partial charge in [0.05, 0.1) is 9.26 Å². The van der Waals surface area contributed by atoms with Crippen LogP contribution in [0.4, 0.5) is 10.1 Å². The molecule has 0 aliphatic heterocycles. The Morgan fingerprint density at radius 3 is 2.85 bits per heavy atom. The van der Waals surface area contributed by atoms with Crippen molar-refractivity contribution in [1.29, 1.82) is 0 Å². The van der Waals surface area contributed by atoms with Crippen LogP contribution in [-0.2, 0) is 0 Å². The fraction of sp³-hybridized carbons (Fsp3) is 0.250. The molecule has 0 aliphatic rings. The van der Waals surface area contributed by atoms with Crippen LogP contribution in [0.2, 0.25) is 0 Å². The molecule has 0 bridgehead atoms. The summed E-state index contributed by atoms with van der Waals surface area (Å²) in [7, 11) is 1.72. The summed E-state index contributed by atoms with van der Waals surface area (Å²) in [6.45, 7) is -0.826. The molecule has 3 nitrogen and oxygen atoms in total.